The minimum atomic E-state index is -4.03. The van der Waals surface area contributed by atoms with E-state index in [0.717, 1.165) is 10.4 Å². The molecule has 0 amide bonds. The van der Waals surface area contributed by atoms with Crippen LogP contribution in [0.1, 0.15) is 17.5 Å². The van der Waals surface area contributed by atoms with Gasteiger partial charge in [0.05, 0.1) is 21.5 Å². The lowest BCUT2D eigenvalue weighted by Gasteiger charge is -2.19. The second-order valence-electron chi connectivity index (χ2n) is 4.47. The molecule has 1 aromatic rings. The maximum absolute atomic E-state index is 13.6. The Kier molecular flexibility index (Phi) is 4.98. The lowest BCUT2D eigenvalue weighted by molar-refractivity contribution is -0.388. The molecule has 0 fully saturated rings. The Morgan fingerprint density at radius 3 is 2.52 bits per heavy atom. The molecule has 1 aromatic carbocycles. The van der Waals surface area contributed by atoms with Crippen molar-refractivity contribution in [2.75, 3.05) is 13.6 Å². The van der Waals surface area contributed by atoms with Crippen molar-refractivity contribution in [3.8, 4) is 6.07 Å². The van der Waals surface area contributed by atoms with E-state index in [9.17, 15) is 22.9 Å². The molecule has 0 aliphatic rings. The van der Waals surface area contributed by atoms with E-state index in [1.807, 2.05) is 6.07 Å². The van der Waals surface area contributed by atoms with Crippen LogP contribution in [0.2, 0.25) is 0 Å². The second kappa shape index (κ2) is 6.15. The summed E-state index contributed by atoms with van der Waals surface area (Å²) in [4.78, 5) is 9.65. The van der Waals surface area contributed by atoms with Gasteiger partial charge >= 0.3 is 5.69 Å². The van der Waals surface area contributed by atoms with Gasteiger partial charge in [-0.3, -0.25) is 10.1 Å². The van der Waals surface area contributed by atoms with Crippen molar-refractivity contribution in [1.82, 2.24) is 4.31 Å². The van der Waals surface area contributed by atoms with Crippen LogP contribution >= 0.6 is 0 Å². The molecular formula is C12H14FN3O4S. The summed E-state index contributed by atoms with van der Waals surface area (Å²) in [5.41, 5.74) is -1.02. The van der Waals surface area contributed by atoms with Gasteiger partial charge in [0.2, 0.25) is 15.8 Å². The second-order valence-corrected chi connectivity index (χ2v) is 6.45. The van der Waals surface area contributed by atoms with Gasteiger partial charge < -0.3 is 0 Å². The Hall–Kier alpha value is -2.05. The number of nitrogens with zero attached hydrogens (tertiary/aromatic N) is 3. The van der Waals surface area contributed by atoms with Gasteiger partial charge in [0.25, 0.3) is 0 Å². The minimum Gasteiger partial charge on any atom is -0.258 e. The van der Waals surface area contributed by atoms with Crippen LogP contribution in [-0.2, 0) is 10.0 Å². The fourth-order valence-electron chi connectivity index (χ4n) is 2.01. The first-order valence-corrected chi connectivity index (χ1v) is 7.36. The molecule has 0 aromatic heterocycles. The highest BCUT2D eigenvalue weighted by Crippen LogP contribution is 2.32. The van der Waals surface area contributed by atoms with Crippen LogP contribution in [0.15, 0.2) is 11.0 Å². The maximum Gasteiger partial charge on any atom is 0.309 e. The monoisotopic (exact) mass is 315 g/mol. The number of nitriles is 1. The fraction of sp³-hybridized carbons (Fsp3) is 0.417. The topological polar surface area (TPSA) is 104 Å². The first-order valence-electron chi connectivity index (χ1n) is 5.92. The standard InChI is InChI=1S/C12H14FN3O4S/c1-8-7-10(13)11(16(17)18)9(2)12(8)21(19,20)15(3)6-4-5-14/h7H,4,6H2,1-3H3. The number of nitro benzene ring substituents is 1. The van der Waals surface area contributed by atoms with Gasteiger partial charge in [-0.05, 0) is 25.5 Å². The molecule has 0 aliphatic heterocycles. The molecule has 0 bridgehead atoms. The van der Waals surface area contributed by atoms with Gasteiger partial charge in [0.1, 0.15) is 0 Å². The van der Waals surface area contributed by atoms with E-state index in [2.05, 4.69) is 0 Å². The molecule has 9 heteroatoms. The van der Waals surface area contributed by atoms with E-state index in [4.69, 9.17) is 5.26 Å². The highest BCUT2D eigenvalue weighted by molar-refractivity contribution is 7.89. The summed E-state index contributed by atoms with van der Waals surface area (Å²) in [6.07, 6.45) is -0.0168. The van der Waals surface area contributed by atoms with Gasteiger partial charge in [-0.2, -0.15) is 14.0 Å². The molecular weight excluding hydrogens is 301 g/mol. The first-order chi connectivity index (χ1) is 9.64. The average Bonchev–Trinajstić information content (AvgIpc) is 2.33. The highest BCUT2D eigenvalue weighted by atomic mass is 32.2. The minimum absolute atomic E-state index is 0.0168. The van der Waals surface area contributed by atoms with E-state index < -0.39 is 26.5 Å². The van der Waals surface area contributed by atoms with Crippen LogP contribution in [0, 0.1) is 41.1 Å². The molecule has 0 saturated heterocycles. The largest absolute Gasteiger partial charge is 0.309 e. The van der Waals surface area contributed by atoms with E-state index in [0.29, 0.717) is 0 Å². The lowest BCUT2D eigenvalue weighted by atomic mass is 10.1. The zero-order chi connectivity index (χ0) is 16.4. The Bertz CT molecular complexity index is 725. The fourth-order valence-corrected chi connectivity index (χ4v) is 3.60. The van der Waals surface area contributed by atoms with Crippen molar-refractivity contribution in [2.24, 2.45) is 0 Å². The molecule has 0 saturated carbocycles. The molecule has 114 valence electrons. The summed E-state index contributed by atoms with van der Waals surface area (Å²) in [6.45, 7) is 2.51. The van der Waals surface area contributed by atoms with Crippen molar-refractivity contribution >= 4 is 15.7 Å². The van der Waals surface area contributed by atoms with Crippen LogP contribution in [-0.4, -0.2) is 31.2 Å². The third kappa shape index (κ3) is 3.17. The number of nitro groups is 1. The van der Waals surface area contributed by atoms with Gasteiger partial charge in [0.15, 0.2) is 0 Å². The Labute approximate surface area is 121 Å². The number of sulfonamides is 1. The predicted octanol–water partition coefficient (Wildman–Crippen LogP) is 1.88. The Balaban J connectivity index is 3.54. The zero-order valence-electron chi connectivity index (χ0n) is 11.8. The summed E-state index contributed by atoms with van der Waals surface area (Å²) < 4.78 is 39.4. The summed E-state index contributed by atoms with van der Waals surface area (Å²) in [6, 6.07) is 2.65. The van der Waals surface area contributed by atoms with E-state index in [1.54, 1.807) is 0 Å². The Morgan fingerprint density at radius 1 is 1.48 bits per heavy atom. The SMILES string of the molecule is Cc1cc(F)c([N+](=O)[O-])c(C)c1S(=O)(=O)N(C)CCC#N. The molecule has 0 unspecified atom stereocenters. The van der Waals surface area contributed by atoms with Crippen molar-refractivity contribution in [1.29, 1.82) is 5.26 Å². The van der Waals surface area contributed by atoms with Crippen LogP contribution in [0.3, 0.4) is 0 Å². The van der Waals surface area contributed by atoms with Gasteiger partial charge in [-0.15, -0.1) is 0 Å². The molecule has 7 nitrogen and oxygen atoms in total. The van der Waals surface area contributed by atoms with Crippen molar-refractivity contribution in [3.63, 3.8) is 0 Å². The molecule has 21 heavy (non-hydrogen) atoms. The smallest absolute Gasteiger partial charge is 0.258 e. The van der Waals surface area contributed by atoms with E-state index >= 15 is 0 Å². The number of aryl methyl sites for hydroxylation is 1. The van der Waals surface area contributed by atoms with Gasteiger partial charge in [-0.1, -0.05) is 0 Å². The molecule has 0 N–H and O–H groups in total. The number of halogens is 1. The average molecular weight is 315 g/mol. The normalized spacial score (nSPS) is 11.4. The number of benzene rings is 1. The third-order valence-electron chi connectivity index (χ3n) is 3.01. The maximum atomic E-state index is 13.6. The van der Waals surface area contributed by atoms with Crippen LogP contribution in [0.5, 0.6) is 0 Å². The van der Waals surface area contributed by atoms with Crippen LogP contribution in [0.4, 0.5) is 10.1 Å². The predicted molar refractivity (Wildman–Crippen MR) is 72.6 cm³/mol. The number of hydrogen-bond donors (Lipinski definition) is 0. The highest BCUT2D eigenvalue weighted by Gasteiger charge is 2.31. The zero-order valence-corrected chi connectivity index (χ0v) is 12.6. The molecule has 0 radical (unpaired) electrons. The molecule has 0 spiro atoms. The van der Waals surface area contributed by atoms with Gasteiger partial charge in [-0.25, -0.2) is 8.42 Å². The summed E-state index contributed by atoms with van der Waals surface area (Å²) in [7, 11) is -2.77. The van der Waals surface area contributed by atoms with E-state index in [-0.39, 0.29) is 29.0 Å². The lowest BCUT2D eigenvalue weighted by Crippen LogP contribution is -2.29. The molecule has 0 heterocycles. The summed E-state index contributed by atoms with van der Waals surface area (Å²) in [5.74, 6) is -1.08. The van der Waals surface area contributed by atoms with Crippen LogP contribution in [0.25, 0.3) is 0 Å². The van der Waals surface area contributed by atoms with E-state index in [1.165, 1.54) is 20.9 Å². The number of hydrogen-bond acceptors (Lipinski definition) is 5. The van der Waals surface area contributed by atoms with Gasteiger partial charge in [0, 0.05) is 20.0 Å². The van der Waals surface area contributed by atoms with Crippen molar-refractivity contribution in [3.05, 3.63) is 33.1 Å². The summed E-state index contributed by atoms with van der Waals surface area (Å²) >= 11 is 0. The molecule has 0 atom stereocenters. The van der Waals surface area contributed by atoms with Crippen LogP contribution < -0.4 is 0 Å². The third-order valence-corrected chi connectivity index (χ3v) is 5.16. The molecule has 0 aliphatic carbocycles. The first kappa shape index (κ1) is 17.0. The quantitative estimate of drug-likeness (QED) is 0.609. The van der Waals surface area contributed by atoms with Crippen molar-refractivity contribution in [2.45, 2.75) is 25.2 Å². The number of rotatable bonds is 5. The van der Waals surface area contributed by atoms with Crippen molar-refractivity contribution < 1.29 is 17.7 Å². The summed E-state index contributed by atoms with van der Waals surface area (Å²) in [5, 5.41) is 19.4. The Morgan fingerprint density at radius 2 is 2.05 bits per heavy atom. The molecule has 1 rings (SSSR count).